The molecule has 1 amide bonds. The summed E-state index contributed by atoms with van der Waals surface area (Å²) in [5.41, 5.74) is 3.83. The Balaban J connectivity index is 1.66. The molecule has 1 fully saturated rings. The molecule has 1 saturated heterocycles. The fraction of sp³-hybridized carbons (Fsp3) is 0.632. The third-order valence-electron chi connectivity index (χ3n) is 4.69. The van der Waals surface area contributed by atoms with Gasteiger partial charge in [0.15, 0.2) is 0 Å². The number of carbonyl (C=O) groups is 1. The van der Waals surface area contributed by atoms with Crippen molar-refractivity contribution < 1.29 is 9.53 Å². The zero-order valence-electron chi connectivity index (χ0n) is 14.7. The van der Waals surface area contributed by atoms with Gasteiger partial charge in [0.2, 0.25) is 5.91 Å². The Morgan fingerprint density at radius 2 is 2.22 bits per heavy atom. The lowest BCUT2D eigenvalue weighted by Gasteiger charge is -2.15. The van der Waals surface area contributed by atoms with Gasteiger partial charge in [-0.05, 0) is 50.3 Å². The summed E-state index contributed by atoms with van der Waals surface area (Å²) in [6.45, 7) is 8.99. The number of nitrogens with zero attached hydrogens (tertiary/aromatic N) is 1. The summed E-state index contributed by atoms with van der Waals surface area (Å²) in [5, 5.41) is 3.11. The molecule has 1 heterocycles. The number of aryl methyl sites for hydroxylation is 3. The van der Waals surface area contributed by atoms with Crippen LogP contribution in [0.15, 0.2) is 18.2 Å². The molecule has 0 saturated carbocycles. The Morgan fingerprint density at radius 1 is 1.39 bits per heavy atom. The molecule has 23 heavy (non-hydrogen) atoms. The van der Waals surface area contributed by atoms with Gasteiger partial charge in [0.1, 0.15) is 0 Å². The summed E-state index contributed by atoms with van der Waals surface area (Å²) in [7, 11) is 1.74. The Hall–Kier alpha value is -1.39. The van der Waals surface area contributed by atoms with E-state index in [2.05, 4.69) is 42.3 Å². The topological polar surface area (TPSA) is 41.6 Å². The predicted octanol–water partition coefficient (Wildman–Crippen LogP) is 2.32. The van der Waals surface area contributed by atoms with Gasteiger partial charge in [-0.15, -0.1) is 0 Å². The summed E-state index contributed by atoms with van der Waals surface area (Å²) in [6, 6.07) is 6.44. The van der Waals surface area contributed by atoms with Gasteiger partial charge in [0.25, 0.3) is 0 Å². The molecule has 128 valence electrons. The van der Waals surface area contributed by atoms with E-state index in [0.29, 0.717) is 12.3 Å². The highest BCUT2D eigenvalue weighted by Gasteiger charge is 2.22. The van der Waals surface area contributed by atoms with Gasteiger partial charge >= 0.3 is 0 Å². The van der Waals surface area contributed by atoms with Crippen LogP contribution in [0.3, 0.4) is 0 Å². The molecule has 0 spiro atoms. The Labute approximate surface area is 140 Å². The maximum absolute atomic E-state index is 12.1. The molecule has 1 atom stereocenters. The van der Waals surface area contributed by atoms with Crippen LogP contribution in [0.5, 0.6) is 0 Å². The van der Waals surface area contributed by atoms with E-state index in [1.165, 1.54) is 23.1 Å². The zero-order valence-corrected chi connectivity index (χ0v) is 14.7. The van der Waals surface area contributed by atoms with Gasteiger partial charge < -0.3 is 15.0 Å². The third-order valence-corrected chi connectivity index (χ3v) is 4.69. The number of likely N-dealkylation sites (tertiary alicyclic amines) is 1. The molecular formula is C19H30N2O2. The normalized spacial score (nSPS) is 18.3. The first-order valence-electron chi connectivity index (χ1n) is 8.62. The fourth-order valence-corrected chi connectivity index (χ4v) is 3.22. The van der Waals surface area contributed by atoms with Gasteiger partial charge in [-0.3, -0.25) is 4.79 Å². The van der Waals surface area contributed by atoms with E-state index in [0.717, 1.165) is 39.2 Å². The summed E-state index contributed by atoms with van der Waals surface area (Å²) < 4.78 is 5.12. The van der Waals surface area contributed by atoms with Gasteiger partial charge in [-0.2, -0.15) is 0 Å². The molecule has 0 bridgehead atoms. The molecular weight excluding hydrogens is 288 g/mol. The first-order valence-corrected chi connectivity index (χ1v) is 8.62. The quantitative estimate of drug-likeness (QED) is 0.800. The summed E-state index contributed by atoms with van der Waals surface area (Å²) in [6.07, 6.45) is 2.56. The number of methoxy groups -OCH3 is 1. The van der Waals surface area contributed by atoms with Crippen molar-refractivity contribution in [2.24, 2.45) is 5.92 Å². The molecule has 1 aliphatic heterocycles. The minimum atomic E-state index is 0.167. The van der Waals surface area contributed by atoms with Crippen LogP contribution in [-0.4, -0.2) is 50.7 Å². The average molecular weight is 318 g/mol. The summed E-state index contributed by atoms with van der Waals surface area (Å²) in [4.78, 5) is 14.5. The van der Waals surface area contributed by atoms with Gasteiger partial charge in [-0.1, -0.05) is 23.8 Å². The maximum Gasteiger partial charge on any atom is 0.220 e. The lowest BCUT2D eigenvalue weighted by molar-refractivity contribution is -0.121. The second kappa shape index (κ2) is 9.04. The zero-order chi connectivity index (χ0) is 16.7. The van der Waals surface area contributed by atoms with Crippen molar-refractivity contribution in [1.29, 1.82) is 0 Å². The number of rotatable bonds is 8. The number of hydrogen-bond donors (Lipinski definition) is 1. The monoisotopic (exact) mass is 318 g/mol. The maximum atomic E-state index is 12.1. The Kier molecular flexibility index (Phi) is 7.06. The first kappa shape index (κ1) is 18.0. The highest BCUT2D eigenvalue weighted by molar-refractivity contribution is 5.76. The number of hydrogen-bond acceptors (Lipinski definition) is 3. The first-order chi connectivity index (χ1) is 11.1. The van der Waals surface area contributed by atoms with E-state index < -0.39 is 0 Å². The second-order valence-electron chi connectivity index (χ2n) is 6.68. The third kappa shape index (κ3) is 5.96. The number of amides is 1. The van der Waals surface area contributed by atoms with Crippen LogP contribution in [0.1, 0.15) is 29.5 Å². The van der Waals surface area contributed by atoms with Crippen molar-refractivity contribution in [2.45, 2.75) is 33.1 Å². The highest BCUT2D eigenvalue weighted by atomic mass is 16.5. The smallest absolute Gasteiger partial charge is 0.220 e. The SMILES string of the molecule is COCCN1CCC(CNC(=O)CCc2ccc(C)cc2C)C1. The van der Waals surface area contributed by atoms with Gasteiger partial charge in [-0.25, -0.2) is 0 Å². The van der Waals surface area contributed by atoms with Crippen molar-refractivity contribution in [3.63, 3.8) is 0 Å². The van der Waals surface area contributed by atoms with Crippen LogP contribution in [0.4, 0.5) is 0 Å². The van der Waals surface area contributed by atoms with Crippen LogP contribution < -0.4 is 5.32 Å². The van der Waals surface area contributed by atoms with E-state index in [-0.39, 0.29) is 5.91 Å². The van der Waals surface area contributed by atoms with Crippen molar-refractivity contribution in [1.82, 2.24) is 10.2 Å². The van der Waals surface area contributed by atoms with Crippen molar-refractivity contribution in [3.8, 4) is 0 Å². The number of benzene rings is 1. The van der Waals surface area contributed by atoms with Crippen LogP contribution in [0, 0.1) is 19.8 Å². The molecule has 1 unspecified atom stereocenters. The molecule has 1 aromatic carbocycles. The molecule has 0 aromatic heterocycles. The van der Waals surface area contributed by atoms with Gasteiger partial charge in [0.05, 0.1) is 6.61 Å². The van der Waals surface area contributed by atoms with Gasteiger partial charge in [0, 0.05) is 33.2 Å². The molecule has 0 aliphatic carbocycles. The highest BCUT2D eigenvalue weighted by Crippen LogP contribution is 2.15. The minimum Gasteiger partial charge on any atom is -0.383 e. The standard InChI is InChI=1S/C19H30N2O2/c1-15-4-5-18(16(2)12-15)6-7-19(22)20-13-17-8-9-21(14-17)10-11-23-3/h4-5,12,17H,6-11,13-14H2,1-3H3,(H,20,22). The van der Waals surface area contributed by atoms with Crippen LogP contribution in [-0.2, 0) is 16.0 Å². The van der Waals surface area contributed by atoms with E-state index in [9.17, 15) is 4.79 Å². The second-order valence-corrected chi connectivity index (χ2v) is 6.68. The van der Waals surface area contributed by atoms with Crippen LogP contribution in [0.25, 0.3) is 0 Å². The summed E-state index contributed by atoms with van der Waals surface area (Å²) >= 11 is 0. The number of ether oxygens (including phenoxy) is 1. The lowest BCUT2D eigenvalue weighted by Crippen LogP contribution is -2.31. The molecule has 2 rings (SSSR count). The van der Waals surface area contributed by atoms with E-state index >= 15 is 0 Å². The Morgan fingerprint density at radius 3 is 2.96 bits per heavy atom. The molecule has 1 aromatic rings. The molecule has 1 aliphatic rings. The minimum absolute atomic E-state index is 0.167. The van der Waals surface area contributed by atoms with E-state index in [1.54, 1.807) is 7.11 Å². The molecule has 4 heteroatoms. The van der Waals surface area contributed by atoms with E-state index in [1.807, 2.05) is 0 Å². The molecule has 0 radical (unpaired) electrons. The van der Waals surface area contributed by atoms with Crippen molar-refractivity contribution in [3.05, 3.63) is 34.9 Å². The van der Waals surface area contributed by atoms with Crippen molar-refractivity contribution >= 4 is 5.91 Å². The van der Waals surface area contributed by atoms with Crippen molar-refractivity contribution in [2.75, 3.05) is 39.9 Å². The lowest BCUT2D eigenvalue weighted by atomic mass is 10.0. The fourth-order valence-electron chi connectivity index (χ4n) is 3.22. The summed E-state index contributed by atoms with van der Waals surface area (Å²) in [5.74, 6) is 0.747. The Bertz CT molecular complexity index is 516. The molecule has 4 nitrogen and oxygen atoms in total. The molecule has 1 N–H and O–H groups in total. The largest absolute Gasteiger partial charge is 0.383 e. The van der Waals surface area contributed by atoms with Crippen LogP contribution in [0.2, 0.25) is 0 Å². The number of nitrogens with one attached hydrogen (secondary N) is 1. The van der Waals surface area contributed by atoms with E-state index in [4.69, 9.17) is 4.74 Å². The van der Waals surface area contributed by atoms with Crippen LogP contribution >= 0.6 is 0 Å². The average Bonchev–Trinajstić information content (AvgIpc) is 2.98. The predicted molar refractivity (Wildman–Crippen MR) is 93.7 cm³/mol. The number of carbonyl (C=O) groups excluding carboxylic acids is 1.